The fourth-order valence-corrected chi connectivity index (χ4v) is 5.94. The molecule has 0 fully saturated rings. The van der Waals surface area contributed by atoms with Crippen molar-refractivity contribution in [1.82, 2.24) is 0 Å². The van der Waals surface area contributed by atoms with Crippen LogP contribution in [0.25, 0.3) is 0 Å². The second-order valence-electron chi connectivity index (χ2n) is 4.06. The summed E-state index contributed by atoms with van der Waals surface area (Å²) in [5, 5.41) is 2.83. The molecule has 10 heteroatoms. The predicted octanol–water partition coefficient (Wildman–Crippen LogP) is 3.36. The molecule has 1 aromatic carbocycles. The van der Waals surface area contributed by atoms with Crippen LogP contribution in [0.2, 0.25) is 0 Å². The Kier molecular flexibility index (Phi) is 7.06. The molecule has 0 saturated carbocycles. The summed E-state index contributed by atoms with van der Waals surface area (Å²) in [5.41, 5.74) is -0.798. The van der Waals surface area contributed by atoms with Crippen molar-refractivity contribution < 1.29 is 32.0 Å². The van der Waals surface area contributed by atoms with Crippen LogP contribution in [-0.2, 0) is 27.2 Å². The van der Waals surface area contributed by atoms with Gasteiger partial charge in [0.1, 0.15) is 5.75 Å². The SMILES string of the molecule is COc1ccc(NC(P(=O)(OC)OC)P(=O)(OC)OC)cc1. The largest absolute Gasteiger partial charge is 0.497 e. The Bertz CT molecular complexity index is 521. The third-order valence-corrected chi connectivity index (χ3v) is 8.19. The van der Waals surface area contributed by atoms with Crippen LogP contribution >= 0.6 is 15.2 Å². The van der Waals surface area contributed by atoms with Gasteiger partial charge in [-0.15, -0.1) is 0 Å². The third kappa shape index (κ3) is 4.10. The summed E-state index contributed by atoms with van der Waals surface area (Å²) in [6, 6.07) is 6.71. The lowest BCUT2D eigenvalue weighted by Crippen LogP contribution is -2.23. The van der Waals surface area contributed by atoms with Gasteiger partial charge in [-0.3, -0.25) is 9.13 Å². The smallest absolute Gasteiger partial charge is 0.364 e. The maximum Gasteiger partial charge on any atom is 0.364 e. The first-order valence-electron chi connectivity index (χ1n) is 6.22. The Hall–Kier alpha value is -0.880. The van der Waals surface area contributed by atoms with E-state index in [1.165, 1.54) is 28.4 Å². The second-order valence-corrected chi connectivity index (χ2v) is 9.12. The van der Waals surface area contributed by atoms with Gasteiger partial charge in [0.05, 0.1) is 7.11 Å². The molecule has 0 saturated heterocycles. The molecule has 1 aromatic rings. The minimum atomic E-state index is -3.79. The van der Waals surface area contributed by atoms with Gasteiger partial charge < -0.3 is 28.1 Å². The molecule has 0 aromatic heterocycles. The van der Waals surface area contributed by atoms with Crippen LogP contribution in [0.15, 0.2) is 24.3 Å². The van der Waals surface area contributed by atoms with Gasteiger partial charge in [-0.2, -0.15) is 0 Å². The maximum absolute atomic E-state index is 12.7. The summed E-state index contributed by atoms with van der Waals surface area (Å²) in [7, 11) is -1.24. The van der Waals surface area contributed by atoms with E-state index in [2.05, 4.69) is 5.32 Å². The van der Waals surface area contributed by atoms with Gasteiger partial charge in [0, 0.05) is 34.1 Å². The highest BCUT2D eigenvalue weighted by Crippen LogP contribution is 2.68. The van der Waals surface area contributed by atoms with E-state index in [0.717, 1.165) is 0 Å². The van der Waals surface area contributed by atoms with Gasteiger partial charge in [-0.25, -0.2) is 0 Å². The molecule has 0 heterocycles. The van der Waals surface area contributed by atoms with Crippen molar-refractivity contribution in [3.63, 3.8) is 0 Å². The summed E-state index contributed by atoms with van der Waals surface area (Å²) in [4.78, 5) is 0. The normalized spacial score (nSPS) is 12.5. The van der Waals surface area contributed by atoms with E-state index in [4.69, 9.17) is 22.8 Å². The Morgan fingerprint density at radius 2 is 1.23 bits per heavy atom. The van der Waals surface area contributed by atoms with E-state index < -0.39 is 20.7 Å². The average Bonchev–Trinajstić information content (AvgIpc) is 2.58. The van der Waals surface area contributed by atoms with Crippen LogP contribution in [0.5, 0.6) is 5.75 Å². The molecule has 0 aliphatic rings. The molecule has 126 valence electrons. The first kappa shape index (κ1) is 19.2. The lowest BCUT2D eigenvalue weighted by atomic mass is 10.3. The van der Waals surface area contributed by atoms with E-state index in [1.807, 2.05) is 0 Å². The molecule has 1 rings (SSSR count). The first-order chi connectivity index (χ1) is 10.4. The summed E-state index contributed by atoms with van der Waals surface area (Å²) < 4.78 is 50.1. The van der Waals surface area contributed by atoms with Crippen molar-refractivity contribution >= 4 is 20.9 Å². The van der Waals surface area contributed by atoms with Gasteiger partial charge in [-0.1, -0.05) is 0 Å². The Morgan fingerprint density at radius 1 is 0.818 bits per heavy atom. The number of benzene rings is 1. The molecule has 0 amide bonds. The Balaban J connectivity index is 3.20. The Morgan fingerprint density at radius 3 is 1.55 bits per heavy atom. The molecule has 0 aliphatic carbocycles. The fraction of sp³-hybridized carbons (Fsp3) is 0.500. The minimum absolute atomic E-state index is 0.523. The highest BCUT2D eigenvalue weighted by molar-refractivity contribution is 7.72. The van der Waals surface area contributed by atoms with Crippen molar-refractivity contribution in [2.24, 2.45) is 0 Å². The third-order valence-electron chi connectivity index (χ3n) is 3.00. The van der Waals surface area contributed by atoms with Crippen LogP contribution in [0.4, 0.5) is 5.69 Å². The van der Waals surface area contributed by atoms with Gasteiger partial charge >= 0.3 is 15.2 Å². The zero-order valence-electron chi connectivity index (χ0n) is 13.1. The van der Waals surface area contributed by atoms with Crippen LogP contribution in [-0.4, -0.2) is 41.1 Å². The number of ether oxygens (including phenoxy) is 1. The molecular formula is C12H21NO7P2. The zero-order valence-corrected chi connectivity index (χ0v) is 14.9. The fourth-order valence-electron chi connectivity index (χ4n) is 1.72. The minimum Gasteiger partial charge on any atom is -0.497 e. The summed E-state index contributed by atoms with van der Waals surface area (Å²) in [6.07, 6.45) is 0. The van der Waals surface area contributed by atoms with Crippen molar-refractivity contribution in [1.29, 1.82) is 0 Å². The number of anilines is 1. The van der Waals surface area contributed by atoms with Crippen LogP contribution in [0.1, 0.15) is 0 Å². The van der Waals surface area contributed by atoms with E-state index in [-0.39, 0.29) is 0 Å². The highest BCUT2D eigenvalue weighted by Gasteiger charge is 2.49. The lowest BCUT2D eigenvalue weighted by molar-refractivity contribution is 0.250. The number of methoxy groups -OCH3 is 1. The zero-order chi connectivity index (χ0) is 16.8. The van der Waals surface area contributed by atoms with E-state index >= 15 is 0 Å². The van der Waals surface area contributed by atoms with Crippen LogP contribution in [0, 0.1) is 0 Å². The molecule has 0 unspecified atom stereocenters. The van der Waals surface area contributed by atoms with E-state index in [0.29, 0.717) is 11.4 Å². The predicted molar refractivity (Wildman–Crippen MR) is 83.7 cm³/mol. The van der Waals surface area contributed by atoms with Gasteiger partial charge in [-0.05, 0) is 24.3 Å². The van der Waals surface area contributed by atoms with Gasteiger partial charge in [0.15, 0.2) is 0 Å². The molecular weight excluding hydrogens is 332 g/mol. The molecule has 0 bridgehead atoms. The van der Waals surface area contributed by atoms with Crippen molar-refractivity contribution in [3.8, 4) is 5.75 Å². The van der Waals surface area contributed by atoms with Crippen molar-refractivity contribution in [2.45, 2.75) is 5.52 Å². The van der Waals surface area contributed by atoms with Crippen LogP contribution in [0.3, 0.4) is 0 Å². The Labute approximate surface area is 130 Å². The van der Waals surface area contributed by atoms with Crippen molar-refractivity contribution in [2.75, 3.05) is 40.9 Å². The molecule has 0 spiro atoms. The monoisotopic (exact) mass is 353 g/mol. The second kappa shape index (κ2) is 8.11. The van der Waals surface area contributed by atoms with Crippen molar-refractivity contribution in [3.05, 3.63) is 24.3 Å². The number of hydrogen-bond donors (Lipinski definition) is 1. The molecule has 0 aliphatic heterocycles. The van der Waals surface area contributed by atoms with Gasteiger partial charge in [0.25, 0.3) is 0 Å². The number of rotatable bonds is 9. The number of hydrogen-bond acceptors (Lipinski definition) is 8. The molecule has 0 radical (unpaired) electrons. The summed E-state index contributed by atoms with van der Waals surface area (Å²) >= 11 is 0. The number of nitrogens with one attached hydrogen (secondary N) is 1. The average molecular weight is 353 g/mol. The molecule has 0 atom stereocenters. The maximum atomic E-state index is 12.7. The summed E-state index contributed by atoms with van der Waals surface area (Å²) in [6.45, 7) is 0. The standard InChI is InChI=1S/C12H21NO7P2/c1-16-11-8-6-10(7-9-11)13-12(21(14,17-2)18-3)22(15,19-4)20-5/h6-9,12-13H,1-5H3. The van der Waals surface area contributed by atoms with E-state index in [9.17, 15) is 9.13 Å². The quantitative estimate of drug-likeness (QED) is 0.676. The highest BCUT2D eigenvalue weighted by atomic mass is 31.2. The summed E-state index contributed by atoms with van der Waals surface area (Å²) in [5.74, 6) is 0.644. The molecule has 22 heavy (non-hydrogen) atoms. The van der Waals surface area contributed by atoms with E-state index in [1.54, 1.807) is 31.4 Å². The van der Waals surface area contributed by atoms with Gasteiger partial charge in [0.2, 0.25) is 5.52 Å². The topological polar surface area (TPSA) is 92.3 Å². The lowest BCUT2D eigenvalue weighted by Gasteiger charge is -2.30. The first-order valence-corrected chi connectivity index (χ1v) is 9.44. The molecule has 8 nitrogen and oxygen atoms in total. The van der Waals surface area contributed by atoms with Crippen LogP contribution < -0.4 is 10.1 Å². The molecule has 1 N–H and O–H groups in total.